The van der Waals surface area contributed by atoms with Crippen molar-refractivity contribution in [3.63, 3.8) is 0 Å². The van der Waals surface area contributed by atoms with E-state index in [2.05, 4.69) is 0 Å². The minimum atomic E-state index is -1.64. The van der Waals surface area contributed by atoms with Crippen molar-refractivity contribution in [2.24, 2.45) is 0 Å². The Morgan fingerprint density at radius 2 is 1.79 bits per heavy atom. The van der Waals surface area contributed by atoms with Crippen molar-refractivity contribution in [1.82, 2.24) is 0 Å². The lowest BCUT2D eigenvalue weighted by Gasteiger charge is -2.02. The molecule has 2 rings (SSSR count). The maximum atomic E-state index is 11.0. The molecular formula is C11H8O3. The maximum Gasteiger partial charge on any atom is 0.339 e. The van der Waals surface area contributed by atoms with Crippen LogP contribution in [0.25, 0.3) is 10.8 Å². The molecule has 0 heterocycles. The zero-order valence-corrected chi connectivity index (χ0v) is 6.80. The first kappa shape index (κ1) is 4.00. The summed E-state index contributed by atoms with van der Waals surface area (Å²) in [6.07, 6.45) is 0. The molecule has 2 aromatic carbocycles. The second kappa shape index (κ2) is 3.03. The summed E-state index contributed by atoms with van der Waals surface area (Å²) >= 11 is 0. The van der Waals surface area contributed by atoms with E-state index in [1.54, 1.807) is 0 Å². The van der Waals surface area contributed by atoms with E-state index in [1.807, 2.05) is 0 Å². The molecule has 0 saturated heterocycles. The number of benzene rings is 2. The molecule has 0 unspecified atom stereocenters. The van der Waals surface area contributed by atoms with Crippen LogP contribution in [0.1, 0.15) is 18.6 Å². The fourth-order valence-corrected chi connectivity index (χ4v) is 1.02. The molecule has 0 aliphatic carbocycles. The Morgan fingerprint density at radius 1 is 1.21 bits per heavy atom. The third kappa shape index (κ3) is 1.29. The first-order valence-corrected chi connectivity index (χ1v) is 3.65. The van der Waals surface area contributed by atoms with Gasteiger partial charge in [0.2, 0.25) is 0 Å². The van der Waals surface area contributed by atoms with Gasteiger partial charge in [-0.05, 0) is 22.9 Å². The van der Waals surface area contributed by atoms with Gasteiger partial charge in [-0.3, -0.25) is 0 Å². The van der Waals surface area contributed by atoms with E-state index in [-0.39, 0.29) is 5.39 Å². The highest BCUT2D eigenvalue weighted by atomic mass is 16.4. The van der Waals surface area contributed by atoms with Crippen LogP contribution in [0.15, 0.2) is 36.3 Å². The van der Waals surface area contributed by atoms with Crippen molar-refractivity contribution < 1.29 is 23.2 Å². The minimum Gasteiger partial charge on any atom is -0.507 e. The largest absolute Gasteiger partial charge is 0.507 e. The van der Waals surface area contributed by atoms with Gasteiger partial charge in [0.15, 0.2) is 0 Å². The van der Waals surface area contributed by atoms with Gasteiger partial charge >= 0.3 is 5.97 Å². The van der Waals surface area contributed by atoms with Gasteiger partial charge in [0.1, 0.15) is 11.3 Å². The molecule has 3 heteroatoms. The Balaban J connectivity index is 3.21. The normalized spacial score (nSPS) is 16.3. The topological polar surface area (TPSA) is 57.5 Å². The molecule has 0 bridgehead atoms. The number of hydrogen-bond donors (Lipinski definition) is 2. The lowest BCUT2D eigenvalue weighted by atomic mass is 10.1. The van der Waals surface area contributed by atoms with E-state index in [0.29, 0.717) is 0 Å². The number of aromatic carboxylic acids is 1. The molecule has 3 nitrogen and oxygen atoms in total. The highest BCUT2D eigenvalue weighted by Gasteiger charge is 2.09. The first-order chi connectivity index (χ1) is 9.20. The molecular weight excluding hydrogens is 180 g/mol. The number of fused-ring (bicyclic) bond motifs is 1. The fraction of sp³-hybridized carbons (Fsp3) is 0. The van der Waals surface area contributed by atoms with Crippen molar-refractivity contribution in [2.45, 2.75) is 0 Å². The number of phenols is 1. The summed E-state index contributed by atoms with van der Waals surface area (Å²) in [6, 6.07) is -3.92. The van der Waals surface area contributed by atoms with Crippen LogP contribution in [0.2, 0.25) is 0 Å². The maximum absolute atomic E-state index is 11.0. The Morgan fingerprint density at radius 3 is 2.36 bits per heavy atom. The average molecular weight is 194 g/mol. The van der Waals surface area contributed by atoms with E-state index >= 15 is 0 Å². The number of hydrogen-bond acceptors (Lipinski definition) is 2. The molecule has 0 saturated carbocycles. The van der Waals surface area contributed by atoms with Gasteiger partial charge in [-0.2, -0.15) is 0 Å². The molecule has 0 atom stereocenters. The zero-order chi connectivity index (χ0) is 15.4. The van der Waals surface area contributed by atoms with Gasteiger partial charge in [-0.15, -0.1) is 0 Å². The van der Waals surface area contributed by atoms with Crippen LogP contribution < -0.4 is 0 Å². The number of aromatic hydroxyl groups is 1. The molecule has 70 valence electrons. The molecule has 0 aliphatic rings. The summed E-state index contributed by atoms with van der Waals surface area (Å²) in [4.78, 5) is 11.0. The number of rotatable bonds is 1. The average Bonchev–Trinajstić information content (AvgIpc) is 2.37. The van der Waals surface area contributed by atoms with Crippen LogP contribution in [-0.4, -0.2) is 16.2 Å². The second-order valence-electron chi connectivity index (χ2n) is 2.53. The van der Waals surface area contributed by atoms with Crippen molar-refractivity contribution in [3.8, 4) is 5.75 Å². The lowest BCUT2D eigenvalue weighted by molar-refractivity contribution is 0.0694. The van der Waals surface area contributed by atoms with Gasteiger partial charge in [-0.1, -0.05) is 24.2 Å². The highest BCUT2D eigenvalue weighted by molar-refractivity contribution is 5.97. The van der Waals surface area contributed by atoms with E-state index in [4.69, 9.17) is 13.3 Å². The molecule has 0 fully saturated rings. The second-order valence-corrected chi connectivity index (χ2v) is 2.53. The van der Waals surface area contributed by atoms with Crippen molar-refractivity contribution in [1.29, 1.82) is 0 Å². The molecule has 0 radical (unpaired) electrons. The molecule has 0 amide bonds. The Bertz CT molecular complexity index is 771. The molecule has 0 aliphatic heterocycles. The minimum absolute atomic E-state index is 0.372. The third-order valence-corrected chi connectivity index (χ3v) is 1.63. The van der Waals surface area contributed by atoms with Crippen LogP contribution in [-0.2, 0) is 0 Å². The van der Waals surface area contributed by atoms with E-state index in [0.717, 1.165) is 0 Å². The van der Waals surface area contributed by atoms with Crippen LogP contribution in [0.3, 0.4) is 0 Å². The Kier molecular flexibility index (Phi) is 0.866. The van der Waals surface area contributed by atoms with Crippen LogP contribution in [0, 0.1) is 0 Å². The summed E-state index contributed by atoms with van der Waals surface area (Å²) in [7, 11) is 0. The monoisotopic (exact) mass is 194 g/mol. The zero-order valence-electron chi connectivity index (χ0n) is 12.8. The molecule has 14 heavy (non-hydrogen) atoms. The predicted octanol–water partition coefficient (Wildman–Crippen LogP) is 2.24. The molecule has 0 aromatic heterocycles. The van der Waals surface area contributed by atoms with E-state index in [1.165, 1.54) is 0 Å². The quantitative estimate of drug-likeness (QED) is 0.732. The van der Waals surface area contributed by atoms with Crippen molar-refractivity contribution in [2.75, 3.05) is 0 Å². The van der Waals surface area contributed by atoms with Crippen LogP contribution >= 0.6 is 0 Å². The van der Waals surface area contributed by atoms with E-state index in [9.17, 15) is 9.90 Å². The molecule has 0 spiro atoms. The third-order valence-electron chi connectivity index (χ3n) is 1.63. The number of carboxylic acid groups (broad SMARTS) is 1. The standard InChI is InChI=1S/C11H8O3/c12-10-6-8-4-2-1-3-7(8)5-9(10)11(13)14/h1-6,12H,(H,13,14)/i1D,2D,3D,4D,5D,6D. The van der Waals surface area contributed by atoms with Crippen LogP contribution in [0.4, 0.5) is 0 Å². The van der Waals surface area contributed by atoms with Gasteiger partial charge in [0.05, 0.1) is 8.22 Å². The van der Waals surface area contributed by atoms with Crippen molar-refractivity contribution in [3.05, 3.63) is 41.8 Å². The summed E-state index contributed by atoms with van der Waals surface area (Å²) in [5, 5.41) is 17.9. The fourth-order valence-electron chi connectivity index (χ4n) is 1.02. The summed E-state index contributed by atoms with van der Waals surface area (Å²) in [6.45, 7) is 0. The SMILES string of the molecule is [2H]c1c([2H])c([2H])c2c([2H])c(C(=O)O)c(O)c([2H])c2c1[2H]. The Labute approximate surface area is 88.7 Å². The summed E-state index contributed by atoms with van der Waals surface area (Å²) < 4.78 is 45.8. The molecule has 2 aromatic rings. The number of carboxylic acids is 1. The summed E-state index contributed by atoms with van der Waals surface area (Å²) in [5.41, 5.74) is -0.854. The van der Waals surface area contributed by atoms with E-state index < -0.39 is 58.9 Å². The summed E-state index contributed by atoms with van der Waals surface area (Å²) in [5.74, 6) is -2.63. The lowest BCUT2D eigenvalue weighted by Crippen LogP contribution is -1.96. The van der Waals surface area contributed by atoms with Gasteiger partial charge < -0.3 is 10.2 Å². The van der Waals surface area contributed by atoms with Gasteiger partial charge in [-0.25, -0.2) is 4.79 Å². The highest BCUT2D eigenvalue weighted by Crippen LogP contribution is 2.24. The van der Waals surface area contributed by atoms with Crippen molar-refractivity contribution >= 4 is 16.7 Å². The smallest absolute Gasteiger partial charge is 0.339 e. The molecule has 2 N–H and O–H groups in total. The Hall–Kier alpha value is -2.03. The van der Waals surface area contributed by atoms with Gasteiger partial charge in [0, 0.05) is 0 Å². The predicted molar refractivity (Wildman–Crippen MR) is 52.6 cm³/mol. The first-order valence-electron chi connectivity index (χ1n) is 6.65. The number of carbonyl (C=O) groups is 1. The van der Waals surface area contributed by atoms with Crippen LogP contribution in [0.5, 0.6) is 5.75 Å². The van der Waals surface area contributed by atoms with Gasteiger partial charge in [0.25, 0.3) is 0 Å².